The fourth-order valence-electron chi connectivity index (χ4n) is 3.39. The predicted octanol–water partition coefficient (Wildman–Crippen LogP) is 2.47. The fourth-order valence-corrected chi connectivity index (χ4v) is 4.04. The minimum Gasteiger partial charge on any atom is -0.452 e. The molecule has 8 nitrogen and oxygen atoms in total. The number of aromatic nitrogens is 2. The Balaban J connectivity index is 1.30. The third-order valence-electron chi connectivity index (χ3n) is 4.96. The molecule has 0 aliphatic carbocycles. The van der Waals surface area contributed by atoms with Crippen molar-refractivity contribution in [1.29, 1.82) is 0 Å². The molecule has 1 aliphatic heterocycles. The van der Waals surface area contributed by atoms with Gasteiger partial charge in [-0.15, -0.1) is 16.4 Å². The Labute approximate surface area is 176 Å². The van der Waals surface area contributed by atoms with Crippen molar-refractivity contribution in [2.24, 2.45) is 0 Å². The van der Waals surface area contributed by atoms with Crippen molar-refractivity contribution in [3.8, 4) is 10.8 Å². The van der Waals surface area contributed by atoms with E-state index in [-0.39, 0.29) is 24.8 Å². The van der Waals surface area contributed by atoms with Crippen molar-refractivity contribution in [3.63, 3.8) is 0 Å². The van der Waals surface area contributed by atoms with Crippen molar-refractivity contribution in [2.45, 2.75) is 39.0 Å². The number of fused-ring (bicyclic) bond motifs is 1. The number of hydrogen-bond acceptors (Lipinski definition) is 7. The van der Waals surface area contributed by atoms with Gasteiger partial charge in [0.1, 0.15) is 0 Å². The zero-order valence-electron chi connectivity index (χ0n) is 16.4. The highest BCUT2D eigenvalue weighted by atomic mass is 32.1. The summed E-state index contributed by atoms with van der Waals surface area (Å²) in [5.41, 5.74) is 2.36. The van der Waals surface area contributed by atoms with E-state index in [0.29, 0.717) is 13.1 Å². The van der Waals surface area contributed by atoms with Crippen LogP contribution in [0.4, 0.5) is 0 Å². The summed E-state index contributed by atoms with van der Waals surface area (Å²) in [4.78, 5) is 39.2. The summed E-state index contributed by atoms with van der Waals surface area (Å²) in [6.45, 7) is 2.69. The highest BCUT2D eigenvalue weighted by Crippen LogP contribution is 2.21. The monoisotopic (exact) mass is 427 g/mol. The normalized spacial score (nSPS) is 14.2. The first-order valence-corrected chi connectivity index (χ1v) is 10.6. The summed E-state index contributed by atoms with van der Waals surface area (Å²) in [5.74, 6) is -1.21. The Morgan fingerprint density at radius 1 is 1.23 bits per heavy atom. The molecule has 9 heteroatoms. The van der Waals surface area contributed by atoms with E-state index in [2.05, 4.69) is 11.2 Å². The van der Waals surface area contributed by atoms with Crippen LogP contribution in [0.5, 0.6) is 0 Å². The quantitative estimate of drug-likeness (QED) is 0.561. The van der Waals surface area contributed by atoms with Crippen LogP contribution in [0.2, 0.25) is 0 Å². The molecule has 0 fully saturated rings. The molecule has 2 aromatic heterocycles. The van der Waals surface area contributed by atoms with Gasteiger partial charge in [-0.2, -0.15) is 4.68 Å². The zero-order chi connectivity index (χ0) is 21.1. The first kappa shape index (κ1) is 20.1. The van der Waals surface area contributed by atoms with Gasteiger partial charge in [0.15, 0.2) is 6.10 Å². The number of nitrogens with zero attached hydrogens (tertiary/aromatic N) is 3. The standard InChI is InChI=1S/C21H21N3O5S/c1-14(20(26)23-10-8-15-5-2-3-6-16(15)13-23)28-18(25)9-11-24-21(27)29-19(22-24)17-7-4-12-30-17/h2-7,12,14H,8-11,13H2,1H3/t14-/m1/s1. The van der Waals surface area contributed by atoms with Gasteiger partial charge < -0.3 is 14.1 Å². The molecule has 3 heterocycles. The SMILES string of the molecule is C[C@@H](OC(=O)CCn1nc(-c2cccs2)oc1=O)C(=O)N1CCc2ccccc2C1. The number of hydrogen-bond donors (Lipinski definition) is 0. The molecule has 1 aliphatic rings. The Hall–Kier alpha value is -3.20. The largest absolute Gasteiger partial charge is 0.452 e. The van der Waals surface area contributed by atoms with E-state index >= 15 is 0 Å². The number of carbonyl (C=O) groups excluding carboxylic acids is 2. The maximum Gasteiger partial charge on any atom is 0.437 e. The summed E-state index contributed by atoms with van der Waals surface area (Å²) < 4.78 is 11.5. The van der Waals surface area contributed by atoms with Gasteiger partial charge >= 0.3 is 11.7 Å². The van der Waals surface area contributed by atoms with Crippen molar-refractivity contribution < 1.29 is 18.7 Å². The van der Waals surface area contributed by atoms with Crippen LogP contribution in [0.25, 0.3) is 10.8 Å². The van der Waals surface area contributed by atoms with Gasteiger partial charge in [-0.3, -0.25) is 9.59 Å². The summed E-state index contributed by atoms with van der Waals surface area (Å²) in [6.07, 6.45) is -0.195. The molecule has 1 amide bonds. The fraction of sp³-hybridized carbons (Fsp3) is 0.333. The van der Waals surface area contributed by atoms with Gasteiger partial charge in [0, 0.05) is 13.1 Å². The number of rotatable bonds is 6. The van der Waals surface area contributed by atoms with Gasteiger partial charge in [-0.05, 0) is 35.9 Å². The van der Waals surface area contributed by atoms with Crippen LogP contribution in [0.3, 0.4) is 0 Å². The molecule has 0 radical (unpaired) electrons. The Bertz CT molecular complexity index is 1100. The summed E-state index contributed by atoms with van der Waals surface area (Å²) in [7, 11) is 0. The lowest BCUT2D eigenvalue weighted by Gasteiger charge is -2.30. The molecule has 0 saturated heterocycles. The molecule has 4 rings (SSSR count). The van der Waals surface area contributed by atoms with E-state index in [0.717, 1.165) is 21.5 Å². The Kier molecular flexibility index (Phi) is 5.80. The van der Waals surface area contributed by atoms with Crippen molar-refractivity contribution in [3.05, 3.63) is 63.5 Å². The number of thiophene rings is 1. The first-order chi connectivity index (χ1) is 14.5. The van der Waals surface area contributed by atoms with Crippen LogP contribution >= 0.6 is 11.3 Å². The topological polar surface area (TPSA) is 94.6 Å². The van der Waals surface area contributed by atoms with Gasteiger partial charge in [0.2, 0.25) is 0 Å². The van der Waals surface area contributed by atoms with Gasteiger partial charge in [-0.25, -0.2) is 4.79 Å². The minimum absolute atomic E-state index is 0.0184. The lowest BCUT2D eigenvalue weighted by Crippen LogP contribution is -2.42. The molecule has 30 heavy (non-hydrogen) atoms. The minimum atomic E-state index is -0.890. The summed E-state index contributed by atoms with van der Waals surface area (Å²) in [6, 6.07) is 11.6. The van der Waals surface area contributed by atoms with Crippen LogP contribution in [-0.4, -0.2) is 39.2 Å². The number of amides is 1. The van der Waals surface area contributed by atoms with Crippen LogP contribution in [0.1, 0.15) is 24.5 Å². The van der Waals surface area contributed by atoms with Crippen LogP contribution < -0.4 is 5.76 Å². The predicted molar refractivity (Wildman–Crippen MR) is 110 cm³/mol. The van der Waals surface area contributed by atoms with E-state index < -0.39 is 17.8 Å². The van der Waals surface area contributed by atoms with Gasteiger partial charge in [0.25, 0.3) is 11.8 Å². The maximum atomic E-state index is 12.7. The van der Waals surface area contributed by atoms with E-state index in [1.807, 2.05) is 29.6 Å². The number of ether oxygens (including phenoxy) is 1. The van der Waals surface area contributed by atoms with Gasteiger partial charge in [0.05, 0.1) is 17.8 Å². The highest BCUT2D eigenvalue weighted by molar-refractivity contribution is 7.13. The molecule has 0 N–H and O–H groups in total. The lowest BCUT2D eigenvalue weighted by atomic mass is 9.99. The van der Waals surface area contributed by atoms with E-state index in [9.17, 15) is 14.4 Å². The van der Waals surface area contributed by atoms with Crippen molar-refractivity contribution in [1.82, 2.24) is 14.7 Å². The second-order valence-corrected chi connectivity index (χ2v) is 7.98. The Morgan fingerprint density at radius 3 is 2.80 bits per heavy atom. The molecule has 1 aromatic carbocycles. The number of carbonyl (C=O) groups is 2. The number of benzene rings is 1. The van der Waals surface area contributed by atoms with Crippen molar-refractivity contribution >= 4 is 23.2 Å². The molecule has 1 atom stereocenters. The van der Waals surface area contributed by atoms with E-state index in [1.54, 1.807) is 17.9 Å². The third kappa shape index (κ3) is 4.35. The van der Waals surface area contributed by atoms with Crippen LogP contribution in [-0.2, 0) is 33.8 Å². The molecule has 0 unspecified atom stereocenters. The molecule has 156 valence electrons. The highest BCUT2D eigenvalue weighted by Gasteiger charge is 2.27. The summed E-state index contributed by atoms with van der Waals surface area (Å²) >= 11 is 1.40. The summed E-state index contributed by atoms with van der Waals surface area (Å²) in [5, 5.41) is 5.95. The molecule has 0 saturated carbocycles. The molecule has 0 bridgehead atoms. The molecular formula is C21H21N3O5S. The first-order valence-electron chi connectivity index (χ1n) is 9.68. The number of esters is 1. The van der Waals surface area contributed by atoms with Crippen LogP contribution in [0, 0.1) is 0 Å². The third-order valence-corrected chi connectivity index (χ3v) is 5.82. The Morgan fingerprint density at radius 2 is 2.03 bits per heavy atom. The smallest absolute Gasteiger partial charge is 0.437 e. The average Bonchev–Trinajstić information content (AvgIpc) is 3.41. The average molecular weight is 427 g/mol. The zero-order valence-corrected chi connectivity index (χ0v) is 17.3. The van der Waals surface area contributed by atoms with Crippen molar-refractivity contribution in [2.75, 3.05) is 6.54 Å². The van der Waals surface area contributed by atoms with E-state index in [1.165, 1.54) is 16.9 Å². The molecule has 3 aromatic rings. The molecular weight excluding hydrogens is 406 g/mol. The second kappa shape index (κ2) is 8.66. The van der Waals surface area contributed by atoms with E-state index in [4.69, 9.17) is 9.15 Å². The van der Waals surface area contributed by atoms with Gasteiger partial charge in [-0.1, -0.05) is 30.3 Å². The molecule has 0 spiro atoms. The second-order valence-electron chi connectivity index (χ2n) is 7.03. The maximum absolute atomic E-state index is 12.7. The van der Waals surface area contributed by atoms with Crippen LogP contribution in [0.15, 0.2) is 51.0 Å². The lowest BCUT2D eigenvalue weighted by molar-refractivity contribution is -0.159. The number of aryl methyl sites for hydroxylation is 1.